The van der Waals surface area contributed by atoms with Crippen molar-refractivity contribution in [1.29, 1.82) is 0 Å². The molecule has 0 unspecified atom stereocenters. The second-order valence-electron chi connectivity index (χ2n) is 16.8. The van der Waals surface area contributed by atoms with Crippen molar-refractivity contribution < 1.29 is 4.42 Å². The van der Waals surface area contributed by atoms with Crippen molar-refractivity contribution in [2.24, 2.45) is 0 Å². The van der Waals surface area contributed by atoms with E-state index in [2.05, 4.69) is 193 Å². The SMILES string of the molecule is c1ccc(-c2nc3ccccc3nc2-c2cc3ccc(-c4ccc5c(c4)c4ccccc4n5-c4ccccc4)cc3c3c4ccccc4c4c(oc5ccc6ccccc6c54)c23)cc1. The van der Waals surface area contributed by atoms with E-state index in [9.17, 15) is 0 Å². The van der Waals surface area contributed by atoms with Crippen molar-refractivity contribution in [1.82, 2.24) is 14.5 Å². The second kappa shape index (κ2) is 13.4. The van der Waals surface area contributed by atoms with E-state index in [1.54, 1.807) is 0 Å². The zero-order chi connectivity index (χ0) is 41.9. The molecular formula is C60H35N3O. The number of aromatic nitrogens is 3. The number of fused-ring (bicyclic) bond motifs is 16. The second-order valence-corrected chi connectivity index (χ2v) is 16.8. The molecule has 0 saturated heterocycles. The Morgan fingerprint density at radius 3 is 1.73 bits per heavy atom. The molecule has 4 heteroatoms. The van der Waals surface area contributed by atoms with Crippen LogP contribution in [0.2, 0.25) is 0 Å². The summed E-state index contributed by atoms with van der Waals surface area (Å²) in [6.07, 6.45) is 0. The largest absolute Gasteiger partial charge is 0.455 e. The lowest BCUT2D eigenvalue weighted by atomic mass is 9.87. The number of benzene rings is 11. The summed E-state index contributed by atoms with van der Waals surface area (Å²) in [5, 5.41) is 13.8. The highest BCUT2D eigenvalue weighted by molar-refractivity contribution is 6.39. The maximum Gasteiger partial charge on any atom is 0.144 e. The summed E-state index contributed by atoms with van der Waals surface area (Å²) in [7, 11) is 0. The molecule has 0 atom stereocenters. The molecule has 0 N–H and O–H groups in total. The molecule has 3 heterocycles. The Morgan fingerprint density at radius 2 is 0.938 bits per heavy atom. The van der Waals surface area contributed by atoms with Crippen molar-refractivity contribution in [3.05, 3.63) is 212 Å². The molecule has 0 aliphatic carbocycles. The summed E-state index contributed by atoms with van der Waals surface area (Å²) in [5.41, 5.74) is 12.9. The summed E-state index contributed by atoms with van der Waals surface area (Å²) >= 11 is 0. The van der Waals surface area contributed by atoms with Crippen LogP contribution in [0.1, 0.15) is 0 Å². The Morgan fingerprint density at radius 1 is 0.344 bits per heavy atom. The molecule has 296 valence electrons. The molecule has 11 aromatic carbocycles. The molecule has 0 saturated carbocycles. The maximum atomic E-state index is 7.22. The highest BCUT2D eigenvalue weighted by Gasteiger charge is 2.25. The Bertz CT molecular complexity index is 4240. The molecule has 3 aromatic heterocycles. The number of furan rings is 1. The van der Waals surface area contributed by atoms with Gasteiger partial charge >= 0.3 is 0 Å². The minimum atomic E-state index is 0.822. The lowest BCUT2D eigenvalue weighted by Crippen LogP contribution is -1.97. The third kappa shape index (κ3) is 5.05. The van der Waals surface area contributed by atoms with Crippen molar-refractivity contribution in [3.8, 4) is 39.3 Å². The molecule has 64 heavy (non-hydrogen) atoms. The van der Waals surface area contributed by atoms with Gasteiger partial charge in [-0.05, 0) is 104 Å². The van der Waals surface area contributed by atoms with Crippen LogP contribution in [0.5, 0.6) is 0 Å². The van der Waals surface area contributed by atoms with Gasteiger partial charge in [0.1, 0.15) is 11.2 Å². The monoisotopic (exact) mass is 813 g/mol. The minimum absolute atomic E-state index is 0.822. The molecule has 14 aromatic rings. The smallest absolute Gasteiger partial charge is 0.144 e. The summed E-state index contributed by atoms with van der Waals surface area (Å²) in [5.74, 6) is 0. The summed E-state index contributed by atoms with van der Waals surface area (Å²) < 4.78 is 9.59. The average molecular weight is 814 g/mol. The van der Waals surface area contributed by atoms with Gasteiger partial charge in [-0.1, -0.05) is 152 Å². The molecule has 0 amide bonds. The van der Waals surface area contributed by atoms with Crippen LogP contribution < -0.4 is 0 Å². The quantitative estimate of drug-likeness (QED) is 0.166. The number of nitrogens with zero attached hydrogens (tertiary/aromatic N) is 3. The van der Waals surface area contributed by atoms with E-state index >= 15 is 0 Å². The lowest BCUT2D eigenvalue weighted by molar-refractivity contribution is 0.673. The fourth-order valence-corrected chi connectivity index (χ4v) is 10.5. The first-order chi connectivity index (χ1) is 31.7. The number of hydrogen-bond acceptors (Lipinski definition) is 3. The van der Waals surface area contributed by atoms with Crippen LogP contribution >= 0.6 is 0 Å². The Kier molecular flexibility index (Phi) is 7.36. The van der Waals surface area contributed by atoms with Gasteiger partial charge in [0, 0.05) is 49.1 Å². The van der Waals surface area contributed by atoms with Gasteiger partial charge in [-0.25, -0.2) is 9.97 Å². The van der Waals surface area contributed by atoms with E-state index in [4.69, 9.17) is 14.4 Å². The van der Waals surface area contributed by atoms with Gasteiger partial charge in [0.25, 0.3) is 0 Å². The third-order valence-corrected chi connectivity index (χ3v) is 13.3. The standard InChI is InChI=1S/C60H35N3O/c1-3-16-37(17-4-1)58-59(62-50-25-13-12-24-49(50)61-58)48-35-40-28-27-38(39-29-31-52-47(34-39)43-21-11-14-26-51(43)63(52)41-18-5-2-6-19-41)33-46(40)54-44-22-9-10-23-45(44)56-55-42-20-8-7-15-36(42)30-32-53(55)64-60(56)57(48)54/h1-35H. The van der Waals surface area contributed by atoms with E-state index in [1.807, 2.05) is 24.3 Å². The zero-order valence-corrected chi connectivity index (χ0v) is 34.5. The van der Waals surface area contributed by atoms with Gasteiger partial charge in [0.05, 0.1) is 33.5 Å². The molecule has 0 aliphatic heterocycles. The van der Waals surface area contributed by atoms with Crippen LogP contribution in [0, 0.1) is 0 Å². The summed E-state index contributed by atoms with van der Waals surface area (Å²) in [6.45, 7) is 0. The Balaban J connectivity index is 1.12. The predicted octanol–water partition coefficient (Wildman–Crippen LogP) is 16.2. The predicted molar refractivity (Wildman–Crippen MR) is 267 cm³/mol. The number of para-hydroxylation sites is 4. The van der Waals surface area contributed by atoms with Crippen LogP contribution in [0.4, 0.5) is 0 Å². The van der Waals surface area contributed by atoms with Gasteiger partial charge in [-0.3, -0.25) is 0 Å². The van der Waals surface area contributed by atoms with E-state index in [0.717, 1.165) is 99.2 Å². The van der Waals surface area contributed by atoms with Crippen molar-refractivity contribution in [2.45, 2.75) is 0 Å². The summed E-state index contributed by atoms with van der Waals surface area (Å²) in [4.78, 5) is 10.9. The van der Waals surface area contributed by atoms with Gasteiger partial charge in [-0.15, -0.1) is 0 Å². The normalized spacial score (nSPS) is 12.1. The molecule has 0 spiro atoms. The first-order valence-electron chi connectivity index (χ1n) is 21.8. The first-order valence-corrected chi connectivity index (χ1v) is 21.8. The zero-order valence-electron chi connectivity index (χ0n) is 34.5. The Hall–Kier alpha value is -8.60. The lowest BCUT2D eigenvalue weighted by Gasteiger charge is -2.17. The van der Waals surface area contributed by atoms with Gasteiger partial charge in [0.15, 0.2) is 0 Å². The fourth-order valence-electron chi connectivity index (χ4n) is 10.5. The molecule has 0 radical (unpaired) electrons. The number of hydrogen-bond donors (Lipinski definition) is 0. The van der Waals surface area contributed by atoms with E-state index in [-0.39, 0.29) is 0 Å². The van der Waals surface area contributed by atoms with Crippen LogP contribution in [0.3, 0.4) is 0 Å². The molecular weight excluding hydrogens is 779 g/mol. The van der Waals surface area contributed by atoms with Crippen LogP contribution in [0.15, 0.2) is 217 Å². The maximum absolute atomic E-state index is 7.22. The van der Waals surface area contributed by atoms with E-state index in [0.29, 0.717) is 0 Å². The van der Waals surface area contributed by atoms with E-state index < -0.39 is 0 Å². The fraction of sp³-hybridized carbons (Fsp3) is 0. The summed E-state index contributed by atoms with van der Waals surface area (Å²) in [6, 6.07) is 76.0. The van der Waals surface area contributed by atoms with Gasteiger partial charge in [0.2, 0.25) is 0 Å². The van der Waals surface area contributed by atoms with Crippen LogP contribution in [-0.2, 0) is 0 Å². The molecule has 0 bridgehead atoms. The van der Waals surface area contributed by atoms with E-state index in [1.165, 1.54) is 38.0 Å². The molecule has 14 rings (SSSR count). The minimum Gasteiger partial charge on any atom is -0.455 e. The third-order valence-electron chi connectivity index (χ3n) is 13.3. The highest BCUT2D eigenvalue weighted by Crippen LogP contribution is 2.50. The van der Waals surface area contributed by atoms with Crippen LogP contribution in [-0.4, -0.2) is 14.5 Å². The molecule has 0 aliphatic rings. The highest BCUT2D eigenvalue weighted by atomic mass is 16.3. The van der Waals surface area contributed by atoms with Crippen molar-refractivity contribution in [3.63, 3.8) is 0 Å². The van der Waals surface area contributed by atoms with Crippen LogP contribution in [0.25, 0.3) is 137 Å². The topological polar surface area (TPSA) is 43.9 Å². The molecule has 0 fully saturated rings. The van der Waals surface area contributed by atoms with Gasteiger partial charge in [-0.2, -0.15) is 0 Å². The van der Waals surface area contributed by atoms with Crippen molar-refractivity contribution >= 4 is 97.9 Å². The first kappa shape index (κ1) is 35.0. The number of rotatable bonds is 4. The van der Waals surface area contributed by atoms with Gasteiger partial charge < -0.3 is 8.98 Å². The Labute approximate surface area is 366 Å². The molecule has 4 nitrogen and oxygen atoms in total. The van der Waals surface area contributed by atoms with Crippen molar-refractivity contribution in [2.75, 3.05) is 0 Å². The average Bonchev–Trinajstić information content (AvgIpc) is 3.93.